The summed E-state index contributed by atoms with van der Waals surface area (Å²) in [6, 6.07) is 8.96. The van der Waals surface area contributed by atoms with Gasteiger partial charge in [0.15, 0.2) is 11.5 Å². The third-order valence-corrected chi connectivity index (χ3v) is 5.71. The maximum absolute atomic E-state index is 13.3. The summed E-state index contributed by atoms with van der Waals surface area (Å²) >= 11 is 0. The van der Waals surface area contributed by atoms with Crippen molar-refractivity contribution in [2.45, 2.75) is 32.0 Å². The summed E-state index contributed by atoms with van der Waals surface area (Å²) in [5, 5.41) is 9.58. The molecule has 0 aliphatic carbocycles. The van der Waals surface area contributed by atoms with Crippen molar-refractivity contribution in [3.63, 3.8) is 0 Å². The van der Waals surface area contributed by atoms with Crippen molar-refractivity contribution in [2.24, 2.45) is 0 Å². The quantitative estimate of drug-likeness (QED) is 0.504. The second kappa shape index (κ2) is 9.32. The highest BCUT2D eigenvalue weighted by Gasteiger charge is 2.38. The lowest BCUT2D eigenvalue weighted by molar-refractivity contribution is -0.137. The Hall–Kier alpha value is -4.02. The van der Waals surface area contributed by atoms with Crippen molar-refractivity contribution in [3.8, 4) is 22.6 Å². The molecule has 0 saturated heterocycles. The number of halogens is 3. The van der Waals surface area contributed by atoms with Crippen LogP contribution in [0.2, 0.25) is 0 Å². The minimum absolute atomic E-state index is 0.371. The molecule has 11 heteroatoms. The monoisotopic (exact) mass is 488 g/mol. The van der Waals surface area contributed by atoms with Crippen LogP contribution in [0.15, 0.2) is 42.5 Å². The number of amides is 2. The fourth-order valence-corrected chi connectivity index (χ4v) is 4.08. The lowest BCUT2D eigenvalue weighted by Crippen LogP contribution is -2.24. The predicted molar refractivity (Wildman–Crippen MR) is 123 cm³/mol. The van der Waals surface area contributed by atoms with Crippen LogP contribution in [-0.4, -0.2) is 35.8 Å². The number of ether oxygens (including phenoxy) is 2. The topological polar surface area (TPSA) is 94.5 Å². The summed E-state index contributed by atoms with van der Waals surface area (Å²) in [4.78, 5) is 25.4. The molecule has 184 valence electrons. The Balaban J connectivity index is 1.64. The molecule has 1 atom stereocenters. The van der Waals surface area contributed by atoms with Crippen LogP contribution < -0.4 is 20.1 Å². The Morgan fingerprint density at radius 3 is 2.51 bits per heavy atom. The number of aryl methyl sites for hydroxylation is 1. The van der Waals surface area contributed by atoms with Gasteiger partial charge in [0.25, 0.3) is 5.91 Å². The summed E-state index contributed by atoms with van der Waals surface area (Å²) in [5.74, 6) is 0.228. The van der Waals surface area contributed by atoms with Gasteiger partial charge in [0.1, 0.15) is 11.9 Å². The zero-order valence-electron chi connectivity index (χ0n) is 19.2. The molecule has 0 radical (unpaired) electrons. The number of alkyl halides is 3. The Kier molecular flexibility index (Phi) is 6.42. The number of hydrogen-bond donors (Lipinski definition) is 2. The molecule has 1 aliphatic heterocycles. The Labute approximate surface area is 199 Å². The van der Waals surface area contributed by atoms with E-state index < -0.39 is 29.6 Å². The highest BCUT2D eigenvalue weighted by molar-refractivity contribution is 6.04. The van der Waals surface area contributed by atoms with Gasteiger partial charge in [0.05, 0.1) is 37.6 Å². The Morgan fingerprint density at radius 2 is 1.86 bits per heavy atom. The highest BCUT2D eigenvalue weighted by Crippen LogP contribution is 2.42. The largest absolute Gasteiger partial charge is 0.493 e. The van der Waals surface area contributed by atoms with E-state index in [-0.39, 0.29) is 12.1 Å². The first-order valence-electron chi connectivity index (χ1n) is 10.8. The number of aromatic nitrogens is 2. The second-order valence-electron chi connectivity index (χ2n) is 7.84. The number of nitrogens with zero attached hydrogens (tertiary/aromatic N) is 2. The molecular weight excluding hydrogens is 465 g/mol. The number of carbonyl (C=O) groups excluding carboxylic acids is 2. The van der Waals surface area contributed by atoms with Gasteiger partial charge in [-0.15, -0.1) is 0 Å². The molecule has 0 fully saturated rings. The van der Waals surface area contributed by atoms with Crippen LogP contribution in [0.3, 0.4) is 0 Å². The maximum Gasteiger partial charge on any atom is 0.418 e. The number of rotatable bonds is 7. The molecule has 2 aromatic carbocycles. The van der Waals surface area contributed by atoms with Gasteiger partial charge in [-0.05, 0) is 36.2 Å². The molecule has 2 heterocycles. The maximum atomic E-state index is 13.3. The van der Waals surface area contributed by atoms with Crippen LogP contribution in [-0.2, 0) is 22.2 Å². The van der Waals surface area contributed by atoms with Gasteiger partial charge >= 0.3 is 6.18 Å². The molecule has 1 unspecified atom stereocenters. The third-order valence-electron chi connectivity index (χ3n) is 5.71. The summed E-state index contributed by atoms with van der Waals surface area (Å²) in [6.45, 7) is 1.90. The molecule has 0 bridgehead atoms. The van der Waals surface area contributed by atoms with E-state index >= 15 is 0 Å². The van der Waals surface area contributed by atoms with Crippen LogP contribution >= 0.6 is 0 Å². The molecule has 1 aliphatic rings. The van der Waals surface area contributed by atoms with Gasteiger partial charge in [-0.3, -0.25) is 9.59 Å². The van der Waals surface area contributed by atoms with E-state index in [1.807, 2.05) is 6.92 Å². The van der Waals surface area contributed by atoms with Crippen LogP contribution in [0.1, 0.15) is 30.6 Å². The standard InChI is InChI=1S/C24H23F3N4O4/c1-4-15-21(13-9-10-18(34-2)19(11-13)35-3)22-29-23(33)17(31(22)30-15)12-20(32)28-16-8-6-5-7-14(16)24(25,26)27/h5-11,17H,4,12H2,1-3H3,(H,28,32)(H,29,33). The number of nitrogens with one attached hydrogen (secondary N) is 2. The molecule has 2 amide bonds. The molecule has 35 heavy (non-hydrogen) atoms. The van der Waals surface area contributed by atoms with Crippen LogP contribution in [0.4, 0.5) is 24.7 Å². The SMILES string of the molecule is CCc1nn2c(c1-c1ccc(OC)c(OC)c1)NC(=O)C2CC(=O)Nc1ccccc1C(F)(F)F. The van der Waals surface area contributed by atoms with Crippen LogP contribution in [0.25, 0.3) is 11.1 Å². The zero-order valence-corrected chi connectivity index (χ0v) is 19.2. The van der Waals surface area contributed by atoms with Gasteiger partial charge in [-0.25, -0.2) is 4.68 Å². The van der Waals surface area contributed by atoms with Crippen molar-refractivity contribution in [3.05, 3.63) is 53.7 Å². The average Bonchev–Trinajstić information content (AvgIpc) is 3.33. The van der Waals surface area contributed by atoms with E-state index in [1.54, 1.807) is 18.2 Å². The van der Waals surface area contributed by atoms with E-state index in [4.69, 9.17) is 9.47 Å². The third kappa shape index (κ3) is 4.53. The molecular formula is C24H23F3N4O4. The van der Waals surface area contributed by atoms with Gasteiger partial charge in [-0.2, -0.15) is 18.3 Å². The smallest absolute Gasteiger partial charge is 0.418 e. The van der Waals surface area contributed by atoms with Crippen molar-refractivity contribution < 1.29 is 32.2 Å². The number of benzene rings is 2. The van der Waals surface area contributed by atoms with Crippen molar-refractivity contribution >= 4 is 23.3 Å². The lowest BCUT2D eigenvalue weighted by Gasteiger charge is -2.14. The summed E-state index contributed by atoms with van der Waals surface area (Å²) in [5.41, 5.74) is 0.745. The number of fused-ring (bicyclic) bond motifs is 1. The Bertz CT molecular complexity index is 1290. The minimum Gasteiger partial charge on any atom is -0.493 e. The first-order valence-corrected chi connectivity index (χ1v) is 10.8. The fourth-order valence-electron chi connectivity index (χ4n) is 4.08. The fraction of sp³-hybridized carbons (Fsp3) is 0.292. The van der Waals surface area contributed by atoms with Gasteiger partial charge in [0.2, 0.25) is 5.91 Å². The van der Waals surface area contributed by atoms with E-state index in [0.29, 0.717) is 35.0 Å². The van der Waals surface area contributed by atoms with E-state index in [9.17, 15) is 22.8 Å². The predicted octanol–water partition coefficient (Wildman–Crippen LogP) is 4.67. The van der Waals surface area contributed by atoms with Crippen molar-refractivity contribution in [1.29, 1.82) is 0 Å². The molecule has 0 saturated carbocycles. The van der Waals surface area contributed by atoms with Crippen LogP contribution in [0.5, 0.6) is 11.5 Å². The van der Waals surface area contributed by atoms with Crippen LogP contribution in [0, 0.1) is 0 Å². The van der Waals surface area contributed by atoms with Gasteiger partial charge in [0, 0.05) is 5.56 Å². The normalized spacial score (nSPS) is 14.9. The van der Waals surface area contributed by atoms with Gasteiger partial charge < -0.3 is 20.1 Å². The lowest BCUT2D eigenvalue weighted by atomic mass is 10.0. The second-order valence-corrected chi connectivity index (χ2v) is 7.84. The molecule has 1 aromatic heterocycles. The summed E-state index contributed by atoms with van der Waals surface area (Å²) < 4.78 is 51.9. The van der Waals surface area contributed by atoms with E-state index in [2.05, 4.69) is 15.7 Å². The molecule has 8 nitrogen and oxygen atoms in total. The average molecular weight is 488 g/mol. The van der Waals surface area contributed by atoms with E-state index in [1.165, 1.54) is 37.1 Å². The Morgan fingerprint density at radius 1 is 1.14 bits per heavy atom. The van der Waals surface area contributed by atoms with Crippen molar-refractivity contribution in [2.75, 3.05) is 24.9 Å². The number of anilines is 2. The minimum atomic E-state index is -4.63. The van der Waals surface area contributed by atoms with E-state index in [0.717, 1.165) is 11.6 Å². The molecule has 2 N–H and O–H groups in total. The molecule has 0 spiro atoms. The molecule has 3 aromatic rings. The molecule has 4 rings (SSSR count). The number of hydrogen-bond acceptors (Lipinski definition) is 5. The zero-order chi connectivity index (χ0) is 25.3. The highest BCUT2D eigenvalue weighted by atomic mass is 19.4. The van der Waals surface area contributed by atoms with Gasteiger partial charge in [-0.1, -0.05) is 25.1 Å². The number of methoxy groups -OCH3 is 2. The first kappa shape index (κ1) is 24.1. The number of para-hydroxylation sites is 1. The summed E-state index contributed by atoms with van der Waals surface area (Å²) in [6.07, 6.45) is -4.48. The summed E-state index contributed by atoms with van der Waals surface area (Å²) in [7, 11) is 3.04. The number of carbonyl (C=O) groups is 2. The van der Waals surface area contributed by atoms with Crippen molar-refractivity contribution in [1.82, 2.24) is 9.78 Å². The first-order chi connectivity index (χ1) is 16.7.